The van der Waals surface area contributed by atoms with Crippen LogP contribution >= 0.6 is 0 Å². The zero-order chi connectivity index (χ0) is 13.2. The van der Waals surface area contributed by atoms with Crippen molar-refractivity contribution in [3.8, 4) is 0 Å². The first-order chi connectivity index (χ1) is 8.48. The van der Waals surface area contributed by atoms with Crippen molar-refractivity contribution >= 4 is 11.7 Å². The van der Waals surface area contributed by atoms with Crippen LogP contribution in [0, 0.1) is 0 Å². The Morgan fingerprint density at radius 1 is 1.33 bits per heavy atom. The average molecular weight is 259 g/mol. The second-order valence-corrected chi connectivity index (χ2v) is 3.89. The smallest absolute Gasteiger partial charge is 0.306 e. The van der Waals surface area contributed by atoms with E-state index >= 15 is 0 Å². The number of benzene rings is 1. The lowest BCUT2D eigenvalue weighted by Gasteiger charge is -2.18. The molecule has 0 aromatic heterocycles. The summed E-state index contributed by atoms with van der Waals surface area (Å²) in [6.07, 6.45) is -3.70. The van der Waals surface area contributed by atoms with Crippen molar-refractivity contribution in [3.63, 3.8) is 0 Å². The highest BCUT2D eigenvalue weighted by Gasteiger charge is 2.34. The second-order valence-electron chi connectivity index (χ2n) is 3.89. The van der Waals surface area contributed by atoms with Crippen LogP contribution in [0.5, 0.6) is 0 Å². The lowest BCUT2D eigenvalue weighted by atomic mass is 10.1. The van der Waals surface area contributed by atoms with Crippen LogP contribution in [0.25, 0.3) is 0 Å². The fraction of sp³-hybridized carbons (Fsp3) is 0.364. The molecular formula is C11H12F3N3O. The first kappa shape index (κ1) is 12.7. The molecule has 1 saturated heterocycles. The number of alkyl halides is 3. The van der Waals surface area contributed by atoms with Gasteiger partial charge in [-0.05, 0) is 18.6 Å². The van der Waals surface area contributed by atoms with Gasteiger partial charge < -0.3 is 5.32 Å². The number of amides is 2. The minimum absolute atomic E-state index is 0.233. The first-order valence-corrected chi connectivity index (χ1v) is 5.47. The van der Waals surface area contributed by atoms with Crippen molar-refractivity contribution in [3.05, 3.63) is 29.8 Å². The van der Waals surface area contributed by atoms with Crippen molar-refractivity contribution in [2.24, 2.45) is 0 Å². The van der Waals surface area contributed by atoms with Crippen LogP contribution in [-0.4, -0.2) is 24.1 Å². The normalized spacial score (nSPS) is 15.8. The summed E-state index contributed by atoms with van der Waals surface area (Å²) >= 11 is 0. The van der Waals surface area contributed by atoms with Crippen molar-refractivity contribution in [2.45, 2.75) is 12.6 Å². The van der Waals surface area contributed by atoms with Crippen LogP contribution in [0.1, 0.15) is 12.0 Å². The van der Waals surface area contributed by atoms with Crippen LogP contribution < -0.4 is 10.7 Å². The number of nitrogens with zero attached hydrogens (tertiary/aromatic N) is 1. The van der Waals surface area contributed by atoms with Crippen LogP contribution in [0.3, 0.4) is 0 Å². The maximum Gasteiger partial charge on any atom is 0.418 e. The van der Waals surface area contributed by atoms with E-state index in [1.54, 1.807) is 0 Å². The number of carbonyl (C=O) groups excluding carboxylic acids is 1. The Morgan fingerprint density at radius 2 is 2.06 bits per heavy atom. The average Bonchev–Trinajstić information content (AvgIpc) is 2.81. The Morgan fingerprint density at radius 3 is 2.67 bits per heavy atom. The van der Waals surface area contributed by atoms with E-state index in [1.165, 1.54) is 23.2 Å². The number of hydrogen-bond acceptors (Lipinski definition) is 2. The molecule has 18 heavy (non-hydrogen) atoms. The SMILES string of the molecule is O=C(Nc1ccccc1C(F)(F)F)N1CCCN1. The molecule has 1 aliphatic rings. The second kappa shape index (κ2) is 4.85. The molecule has 0 bridgehead atoms. The van der Waals surface area contributed by atoms with E-state index in [0.29, 0.717) is 13.1 Å². The van der Waals surface area contributed by atoms with E-state index in [0.717, 1.165) is 12.5 Å². The van der Waals surface area contributed by atoms with Crippen molar-refractivity contribution < 1.29 is 18.0 Å². The van der Waals surface area contributed by atoms with E-state index in [1.807, 2.05) is 0 Å². The summed E-state index contributed by atoms with van der Waals surface area (Å²) in [4.78, 5) is 11.7. The van der Waals surface area contributed by atoms with Crippen molar-refractivity contribution in [1.29, 1.82) is 0 Å². The molecule has 1 aromatic carbocycles. The van der Waals surface area contributed by atoms with Crippen LogP contribution in [0.2, 0.25) is 0 Å². The van der Waals surface area contributed by atoms with Gasteiger partial charge in [0.25, 0.3) is 0 Å². The Hall–Kier alpha value is -1.76. The van der Waals surface area contributed by atoms with Gasteiger partial charge in [-0.2, -0.15) is 13.2 Å². The van der Waals surface area contributed by atoms with Crippen LogP contribution in [0.4, 0.5) is 23.7 Å². The Kier molecular flexibility index (Phi) is 3.42. The molecule has 0 aliphatic carbocycles. The molecule has 4 nitrogen and oxygen atoms in total. The minimum atomic E-state index is -4.48. The molecule has 2 N–H and O–H groups in total. The zero-order valence-electron chi connectivity index (χ0n) is 9.42. The molecule has 0 radical (unpaired) electrons. The topological polar surface area (TPSA) is 44.4 Å². The summed E-state index contributed by atoms with van der Waals surface area (Å²) < 4.78 is 38.1. The lowest BCUT2D eigenvalue weighted by molar-refractivity contribution is -0.136. The number of para-hydroxylation sites is 1. The van der Waals surface area contributed by atoms with Crippen LogP contribution in [-0.2, 0) is 6.18 Å². The largest absolute Gasteiger partial charge is 0.418 e. The molecular weight excluding hydrogens is 247 g/mol. The van der Waals surface area contributed by atoms with E-state index in [2.05, 4.69) is 10.7 Å². The minimum Gasteiger partial charge on any atom is -0.306 e. The molecule has 7 heteroatoms. The van der Waals surface area contributed by atoms with E-state index in [9.17, 15) is 18.0 Å². The van der Waals surface area contributed by atoms with Crippen molar-refractivity contribution in [2.75, 3.05) is 18.4 Å². The third-order valence-electron chi connectivity index (χ3n) is 2.58. The fourth-order valence-corrected chi connectivity index (χ4v) is 1.73. The third-order valence-corrected chi connectivity index (χ3v) is 2.58. The number of hydrogen-bond donors (Lipinski definition) is 2. The molecule has 1 aliphatic heterocycles. The van der Waals surface area contributed by atoms with Gasteiger partial charge in [0, 0.05) is 13.1 Å². The number of nitrogens with one attached hydrogen (secondary N) is 2. The summed E-state index contributed by atoms with van der Waals surface area (Å²) in [7, 11) is 0. The number of rotatable bonds is 1. The molecule has 0 spiro atoms. The number of hydrazine groups is 1. The maximum atomic E-state index is 12.7. The molecule has 98 valence electrons. The fourth-order valence-electron chi connectivity index (χ4n) is 1.73. The van der Waals surface area contributed by atoms with Gasteiger partial charge in [-0.25, -0.2) is 10.2 Å². The van der Waals surface area contributed by atoms with E-state index in [4.69, 9.17) is 0 Å². The third kappa shape index (κ3) is 2.73. The van der Waals surface area contributed by atoms with Gasteiger partial charge >= 0.3 is 12.2 Å². The molecule has 0 saturated carbocycles. The van der Waals surface area contributed by atoms with Gasteiger partial charge in [-0.3, -0.25) is 5.01 Å². The van der Waals surface area contributed by atoms with Gasteiger partial charge in [-0.15, -0.1) is 0 Å². The Balaban J connectivity index is 2.16. The predicted molar refractivity (Wildman–Crippen MR) is 59.8 cm³/mol. The molecule has 1 fully saturated rings. The molecule has 0 atom stereocenters. The number of carbonyl (C=O) groups is 1. The Labute approximate surface area is 102 Å². The lowest BCUT2D eigenvalue weighted by Crippen LogP contribution is -2.40. The summed E-state index contributed by atoms with van der Waals surface area (Å²) in [6.45, 7) is 1.13. The highest BCUT2D eigenvalue weighted by atomic mass is 19.4. The summed E-state index contributed by atoms with van der Waals surface area (Å²) in [5.41, 5.74) is 1.69. The zero-order valence-corrected chi connectivity index (χ0v) is 9.42. The highest BCUT2D eigenvalue weighted by Crippen LogP contribution is 2.34. The van der Waals surface area contributed by atoms with Gasteiger partial charge in [0.1, 0.15) is 0 Å². The Bertz CT molecular complexity index is 441. The van der Waals surface area contributed by atoms with E-state index in [-0.39, 0.29) is 5.69 Å². The molecule has 1 aromatic rings. The van der Waals surface area contributed by atoms with Crippen molar-refractivity contribution in [1.82, 2.24) is 10.4 Å². The summed E-state index contributed by atoms with van der Waals surface area (Å²) in [5.74, 6) is 0. The standard InChI is InChI=1S/C11H12F3N3O/c12-11(13,14)8-4-1-2-5-9(8)16-10(18)17-7-3-6-15-17/h1-2,4-5,15H,3,6-7H2,(H,16,18). The van der Waals surface area contributed by atoms with Gasteiger partial charge in [-0.1, -0.05) is 12.1 Å². The molecule has 0 unspecified atom stereocenters. The maximum absolute atomic E-state index is 12.7. The number of halogens is 3. The number of anilines is 1. The van der Waals surface area contributed by atoms with Gasteiger partial charge in [0.15, 0.2) is 0 Å². The monoisotopic (exact) mass is 259 g/mol. The number of urea groups is 1. The summed E-state index contributed by atoms with van der Waals surface area (Å²) in [5, 5.41) is 3.53. The molecule has 2 amide bonds. The molecule has 2 rings (SSSR count). The first-order valence-electron chi connectivity index (χ1n) is 5.47. The highest BCUT2D eigenvalue weighted by molar-refractivity contribution is 5.90. The summed E-state index contributed by atoms with van der Waals surface area (Å²) in [6, 6.07) is 4.32. The van der Waals surface area contributed by atoms with Gasteiger partial charge in [0.05, 0.1) is 11.3 Å². The quantitative estimate of drug-likeness (QED) is 0.813. The van der Waals surface area contributed by atoms with Crippen LogP contribution in [0.15, 0.2) is 24.3 Å². The van der Waals surface area contributed by atoms with E-state index < -0.39 is 17.8 Å². The van der Waals surface area contributed by atoms with Gasteiger partial charge in [0.2, 0.25) is 0 Å². The predicted octanol–water partition coefficient (Wildman–Crippen LogP) is 2.45. The molecule has 1 heterocycles.